The van der Waals surface area contributed by atoms with Crippen LogP contribution in [0, 0.1) is 11.8 Å². The van der Waals surface area contributed by atoms with Crippen molar-refractivity contribution in [2.75, 3.05) is 39.6 Å². The van der Waals surface area contributed by atoms with Crippen molar-refractivity contribution < 1.29 is 80.2 Å². The van der Waals surface area contributed by atoms with E-state index < -0.39 is 97.5 Å². The number of unbranched alkanes of at least 4 members (excludes halogenated alkanes) is 54. The third-order valence-corrected chi connectivity index (χ3v) is 21.9. The number of hydrogen-bond acceptors (Lipinski definition) is 15. The number of carbonyl (C=O) groups excluding carboxylic acids is 4. The van der Waals surface area contributed by atoms with Gasteiger partial charge in [0, 0.05) is 25.7 Å². The Kier molecular flexibility index (Phi) is 75.0. The maximum absolute atomic E-state index is 13.1. The average Bonchev–Trinajstić information content (AvgIpc) is 0.904. The number of carbonyl (C=O) groups is 4. The molecule has 618 valence electrons. The number of hydrogen-bond donors (Lipinski definition) is 3. The molecule has 0 bridgehead atoms. The van der Waals surface area contributed by atoms with Crippen LogP contribution in [0.25, 0.3) is 0 Å². The molecule has 0 radical (unpaired) electrons. The van der Waals surface area contributed by atoms with Gasteiger partial charge in [0.15, 0.2) is 12.2 Å². The van der Waals surface area contributed by atoms with Crippen molar-refractivity contribution >= 4 is 39.5 Å². The molecule has 17 nitrogen and oxygen atoms in total. The van der Waals surface area contributed by atoms with Gasteiger partial charge in [-0.2, -0.15) is 0 Å². The summed E-state index contributed by atoms with van der Waals surface area (Å²) in [5.41, 5.74) is 0. The van der Waals surface area contributed by atoms with E-state index in [4.69, 9.17) is 37.0 Å². The molecule has 104 heavy (non-hydrogen) atoms. The number of ether oxygens (including phenoxy) is 4. The molecule has 19 heteroatoms. The zero-order chi connectivity index (χ0) is 76.4. The standard InChI is InChI=1S/C85H166O17P2/c1-7-9-11-13-15-17-19-21-23-24-25-30-33-37-43-49-55-61-67-82(87)95-73-80(101-85(90)70-64-58-52-45-39-35-31-27-26-29-32-36-41-47-53-59-65-77(3)4)75-99-103(91,92)97-71-79(86)72-98-104(93,94)100-76-81(74-96-83(88)68-62-56-50-46-40-42-48-54-60-66-78(5)6)102-84(89)69-63-57-51-44-38-34-28-22-20-18-16-14-12-10-8-2/h77-81,86H,7-76H2,1-6H3,(H,91,92)(H,93,94)/t79-,80-,81-/m1/s1. The first-order valence-corrected chi connectivity index (χ1v) is 47.0. The maximum Gasteiger partial charge on any atom is 0.472 e. The fraction of sp³-hybridized carbons (Fsp3) is 0.953. The molecule has 0 fully saturated rings. The van der Waals surface area contributed by atoms with Crippen LogP contribution in [0.5, 0.6) is 0 Å². The Hall–Kier alpha value is -1.94. The van der Waals surface area contributed by atoms with Gasteiger partial charge in [-0.3, -0.25) is 37.3 Å². The van der Waals surface area contributed by atoms with Crippen LogP contribution >= 0.6 is 15.6 Å². The Labute approximate surface area is 638 Å². The van der Waals surface area contributed by atoms with Crippen LogP contribution in [0.4, 0.5) is 0 Å². The van der Waals surface area contributed by atoms with Gasteiger partial charge < -0.3 is 33.8 Å². The summed E-state index contributed by atoms with van der Waals surface area (Å²) in [4.78, 5) is 73.2. The van der Waals surface area contributed by atoms with Gasteiger partial charge in [-0.05, 0) is 37.5 Å². The van der Waals surface area contributed by atoms with Crippen molar-refractivity contribution in [1.82, 2.24) is 0 Å². The summed E-state index contributed by atoms with van der Waals surface area (Å²) in [6.07, 6.45) is 68.0. The predicted octanol–water partition coefficient (Wildman–Crippen LogP) is 25.8. The van der Waals surface area contributed by atoms with Crippen LogP contribution in [0.15, 0.2) is 0 Å². The zero-order valence-corrected chi connectivity index (χ0v) is 70.1. The highest BCUT2D eigenvalue weighted by molar-refractivity contribution is 7.47. The molecule has 0 amide bonds. The summed E-state index contributed by atoms with van der Waals surface area (Å²) >= 11 is 0. The molecule has 5 atom stereocenters. The molecule has 0 aliphatic carbocycles. The van der Waals surface area contributed by atoms with Crippen LogP contribution in [0.2, 0.25) is 0 Å². The minimum atomic E-state index is -4.97. The second kappa shape index (κ2) is 76.4. The summed E-state index contributed by atoms with van der Waals surface area (Å²) < 4.78 is 68.9. The number of rotatable bonds is 84. The lowest BCUT2D eigenvalue weighted by Crippen LogP contribution is -2.30. The molecule has 0 aliphatic rings. The first kappa shape index (κ1) is 102. The fourth-order valence-corrected chi connectivity index (χ4v) is 14.8. The molecule has 2 unspecified atom stereocenters. The first-order valence-electron chi connectivity index (χ1n) is 44.0. The number of aliphatic hydroxyl groups is 1. The monoisotopic (exact) mass is 1520 g/mol. The van der Waals surface area contributed by atoms with E-state index in [-0.39, 0.29) is 25.7 Å². The molecule has 0 aromatic rings. The maximum atomic E-state index is 13.1. The van der Waals surface area contributed by atoms with Gasteiger partial charge in [0.2, 0.25) is 0 Å². The van der Waals surface area contributed by atoms with E-state index in [0.717, 1.165) is 102 Å². The largest absolute Gasteiger partial charge is 0.472 e. The molecular formula is C85H166O17P2. The lowest BCUT2D eigenvalue weighted by molar-refractivity contribution is -0.161. The Morgan fingerprint density at radius 3 is 0.654 bits per heavy atom. The highest BCUT2D eigenvalue weighted by Crippen LogP contribution is 2.45. The molecule has 0 aromatic carbocycles. The van der Waals surface area contributed by atoms with E-state index in [1.54, 1.807) is 0 Å². The lowest BCUT2D eigenvalue weighted by atomic mass is 10.0. The summed E-state index contributed by atoms with van der Waals surface area (Å²) in [7, 11) is -9.93. The van der Waals surface area contributed by atoms with Gasteiger partial charge in [-0.25, -0.2) is 9.13 Å². The molecule has 0 aliphatic heterocycles. The summed E-state index contributed by atoms with van der Waals surface area (Å²) in [6.45, 7) is 9.68. The van der Waals surface area contributed by atoms with E-state index in [1.807, 2.05) is 0 Å². The average molecular weight is 1520 g/mol. The van der Waals surface area contributed by atoms with E-state index in [1.165, 1.54) is 270 Å². The van der Waals surface area contributed by atoms with Crippen LogP contribution < -0.4 is 0 Å². The van der Waals surface area contributed by atoms with Gasteiger partial charge >= 0.3 is 39.5 Å². The number of esters is 4. The van der Waals surface area contributed by atoms with E-state index >= 15 is 0 Å². The van der Waals surface area contributed by atoms with Gasteiger partial charge in [0.25, 0.3) is 0 Å². The van der Waals surface area contributed by atoms with Gasteiger partial charge in [-0.1, -0.05) is 401 Å². The summed E-state index contributed by atoms with van der Waals surface area (Å²) in [6, 6.07) is 0. The summed E-state index contributed by atoms with van der Waals surface area (Å²) in [5, 5.41) is 10.7. The van der Waals surface area contributed by atoms with Crippen LogP contribution in [0.3, 0.4) is 0 Å². The third kappa shape index (κ3) is 78.2. The molecular weight excluding hydrogens is 1350 g/mol. The Bertz CT molecular complexity index is 1990. The molecule has 0 spiro atoms. The number of phosphoric acid groups is 2. The van der Waals surface area contributed by atoms with Crippen LogP contribution in [-0.4, -0.2) is 96.7 Å². The van der Waals surface area contributed by atoms with Crippen molar-refractivity contribution in [2.45, 2.75) is 471 Å². The molecule has 0 saturated carbocycles. The molecule has 0 heterocycles. The van der Waals surface area contributed by atoms with Crippen LogP contribution in [0.1, 0.15) is 452 Å². The van der Waals surface area contributed by atoms with Crippen LogP contribution in [-0.2, 0) is 65.4 Å². The van der Waals surface area contributed by atoms with Gasteiger partial charge in [0.1, 0.15) is 19.3 Å². The predicted molar refractivity (Wildman–Crippen MR) is 428 cm³/mol. The SMILES string of the molecule is CCCCCCCCCCCCCCCCCCCCC(=O)OC[C@H](COP(=O)(O)OC[C@@H](O)COP(=O)(O)OC[C@@H](COC(=O)CCCCCCCCCCCC(C)C)OC(=O)CCCCCCCCCCCCCCCCC)OC(=O)CCCCCCCCCCCCCCCCCCC(C)C. The van der Waals surface area contributed by atoms with Crippen molar-refractivity contribution in [3.05, 3.63) is 0 Å². The molecule has 0 saturated heterocycles. The minimum absolute atomic E-state index is 0.108. The topological polar surface area (TPSA) is 237 Å². The van der Waals surface area contributed by atoms with Gasteiger partial charge in [-0.15, -0.1) is 0 Å². The highest BCUT2D eigenvalue weighted by Gasteiger charge is 2.30. The van der Waals surface area contributed by atoms with E-state index in [0.29, 0.717) is 25.7 Å². The van der Waals surface area contributed by atoms with Crippen molar-refractivity contribution in [3.8, 4) is 0 Å². The smallest absolute Gasteiger partial charge is 0.462 e. The Morgan fingerprint density at radius 2 is 0.442 bits per heavy atom. The lowest BCUT2D eigenvalue weighted by Gasteiger charge is -2.21. The van der Waals surface area contributed by atoms with Crippen molar-refractivity contribution in [2.24, 2.45) is 11.8 Å². The molecule has 0 aromatic heterocycles. The fourth-order valence-electron chi connectivity index (χ4n) is 13.2. The van der Waals surface area contributed by atoms with Crippen molar-refractivity contribution in [1.29, 1.82) is 0 Å². The van der Waals surface area contributed by atoms with E-state index in [2.05, 4.69) is 41.5 Å². The van der Waals surface area contributed by atoms with Crippen molar-refractivity contribution in [3.63, 3.8) is 0 Å². The molecule has 0 rings (SSSR count). The normalized spacial score (nSPS) is 13.8. The second-order valence-corrected chi connectivity index (χ2v) is 34.4. The Morgan fingerprint density at radius 1 is 0.260 bits per heavy atom. The second-order valence-electron chi connectivity index (χ2n) is 31.5. The highest BCUT2D eigenvalue weighted by atomic mass is 31.2. The zero-order valence-electron chi connectivity index (χ0n) is 68.3. The minimum Gasteiger partial charge on any atom is -0.462 e. The Balaban J connectivity index is 5.26. The van der Waals surface area contributed by atoms with Gasteiger partial charge in [0.05, 0.1) is 26.4 Å². The number of aliphatic hydroxyl groups excluding tert-OH is 1. The van der Waals surface area contributed by atoms with E-state index in [9.17, 15) is 43.2 Å². The quantitative estimate of drug-likeness (QED) is 0.0222. The number of phosphoric ester groups is 2. The molecule has 3 N–H and O–H groups in total. The first-order chi connectivity index (χ1) is 50.4. The summed E-state index contributed by atoms with van der Waals surface area (Å²) in [5.74, 6) is -0.548. The third-order valence-electron chi connectivity index (χ3n) is 20.0.